The molecular formula is C9H19NO4. The van der Waals surface area contributed by atoms with Gasteiger partial charge in [-0.3, -0.25) is 0 Å². The van der Waals surface area contributed by atoms with Gasteiger partial charge in [0.25, 0.3) is 0 Å². The second-order valence-electron chi connectivity index (χ2n) is 4.05. The van der Waals surface area contributed by atoms with Crippen molar-refractivity contribution < 1.29 is 19.7 Å². The molecule has 0 amide bonds. The predicted molar refractivity (Wildman–Crippen MR) is 50.5 cm³/mol. The first kappa shape index (κ1) is 11.9. The second kappa shape index (κ2) is 4.12. The van der Waals surface area contributed by atoms with E-state index in [1.54, 1.807) is 13.8 Å². The van der Waals surface area contributed by atoms with E-state index in [1.165, 1.54) is 7.11 Å². The normalized spacial score (nSPS) is 49.3. The third kappa shape index (κ3) is 1.78. The van der Waals surface area contributed by atoms with Crippen molar-refractivity contribution in [3.05, 3.63) is 0 Å². The Bertz CT molecular complexity index is 199. The van der Waals surface area contributed by atoms with E-state index in [1.807, 2.05) is 0 Å². The Morgan fingerprint density at radius 1 is 1.57 bits per heavy atom. The van der Waals surface area contributed by atoms with Crippen LogP contribution in [0.5, 0.6) is 0 Å². The Labute approximate surface area is 83.8 Å². The first-order valence-electron chi connectivity index (χ1n) is 4.71. The van der Waals surface area contributed by atoms with Crippen molar-refractivity contribution in [1.29, 1.82) is 0 Å². The van der Waals surface area contributed by atoms with E-state index in [0.29, 0.717) is 0 Å². The van der Waals surface area contributed by atoms with E-state index in [2.05, 4.69) is 0 Å². The third-order valence-corrected chi connectivity index (χ3v) is 3.12. The summed E-state index contributed by atoms with van der Waals surface area (Å²) in [4.78, 5) is 0. The van der Waals surface area contributed by atoms with Crippen LogP contribution in [0.25, 0.3) is 0 Å². The van der Waals surface area contributed by atoms with E-state index < -0.39 is 24.0 Å². The highest BCUT2D eigenvalue weighted by Gasteiger charge is 2.48. The minimum atomic E-state index is -0.796. The Kier molecular flexibility index (Phi) is 3.49. The average molecular weight is 205 g/mol. The number of rotatable bonds is 2. The largest absolute Gasteiger partial charge is 0.393 e. The van der Waals surface area contributed by atoms with Gasteiger partial charge in [0.1, 0.15) is 0 Å². The molecule has 84 valence electrons. The molecule has 0 aromatic rings. The smallest absolute Gasteiger partial charge is 0.175 e. The van der Waals surface area contributed by atoms with Crippen molar-refractivity contribution >= 4 is 0 Å². The van der Waals surface area contributed by atoms with Gasteiger partial charge in [-0.15, -0.1) is 0 Å². The Balaban J connectivity index is 2.84. The minimum Gasteiger partial charge on any atom is -0.393 e. The summed E-state index contributed by atoms with van der Waals surface area (Å²) in [7, 11) is 1.46. The number of hydrogen-bond acceptors (Lipinski definition) is 5. The predicted octanol–water partition coefficient (Wildman–Crippen LogP) is -0.936. The molecule has 0 spiro atoms. The summed E-state index contributed by atoms with van der Waals surface area (Å²) in [5.41, 5.74) is 4.92. The molecule has 0 aromatic carbocycles. The number of aliphatic hydroxyl groups excluding tert-OH is 2. The Morgan fingerprint density at radius 3 is 2.57 bits per heavy atom. The molecule has 1 aliphatic heterocycles. The summed E-state index contributed by atoms with van der Waals surface area (Å²) >= 11 is 0. The molecule has 0 bridgehead atoms. The van der Waals surface area contributed by atoms with Crippen LogP contribution >= 0.6 is 0 Å². The van der Waals surface area contributed by atoms with Crippen LogP contribution in [-0.4, -0.2) is 48.0 Å². The van der Waals surface area contributed by atoms with Gasteiger partial charge in [-0.2, -0.15) is 0 Å². The van der Waals surface area contributed by atoms with Gasteiger partial charge in [0.15, 0.2) is 6.29 Å². The fourth-order valence-corrected chi connectivity index (χ4v) is 1.69. The minimum absolute atomic E-state index is 0.169. The van der Waals surface area contributed by atoms with Crippen molar-refractivity contribution in [1.82, 2.24) is 0 Å². The number of hydrogen-bond donors (Lipinski definition) is 3. The van der Waals surface area contributed by atoms with Crippen LogP contribution in [0.1, 0.15) is 13.8 Å². The molecule has 5 heteroatoms. The molecule has 1 saturated heterocycles. The summed E-state index contributed by atoms with van der Waals surface area (Å²) in [6.07, 6.45) is -1.40. The van der Waals surface area contributed by atoms with Crippen molar-refractivity contribution in [2.45, 2.75) is 37.9 Å². The first-order chi connectivity index (χ1) is 6.46. The lowest BCUT2D eigenvalue weighted by molar-refractivity contribution is -0.280. The average Bonchev–Trinajstić information content (AvgIpc) is 2.20. The number of nitrogens with two attached hydrogens (primary N) is 1. The Hall–Kier alpha value is -0.200. The van der Waals surface area contributed by atoms with Gasteiger partial charge in [-0.25, -0.2) is 0 Å². The van der Waals surface area contributed by atoms with E-state index in [-0.39, 0.29) is 12.5 Å². The third-order valence-electron chi connectivity index (χ3n) is 3.12. The SMILES string of the molecule is CO[C@@H]1OC(C)(CO)[C@@H](C)[C@H](O)C1N. The van der Waals surface area contributed by atoms with Crippen LogP contribution in [-0.2, 0) is 9.47 Å². The fourth-order valence-electron chi connectivity index (χ4n) is 1.69. The van der Waals surface area contributed by atoms with Gasteiger partial charge in [0, 0.05) is 13.0 Å². The van der Waals surface area contributed by atoms with Gasteiger partial charge >= 0.3 is 0 Å². The van der Waals surface area contributed by atoms with Crippen molar-refractivity contribution in [2.75, 3.05) is 13.7 Å². The van der Waals surface area contributed by atoms with E-state index in [4.69, 9.17) is 15.2 Å². The summed E-state index contributed by atoms with van der Waals surface area (Å²) in [6, 6.07) is -0.574. The molecule has 1 heterocycles. The molecule has 0 saturated carbocycles. The molecule has 1 aliphatic rings. The first-order valence-corrected chi connectivity index (χ1v) is 4.71. The second-order valence-corrected chi connectivity index (χ2v) is 4.05. The molecule has 2 unspecified atom stereocenters. The number of ether oxygens (including phenoxy) is 2. The van der Waals surface area contributed by atoms with Crippen LogP contribution in [0, 0.1) is 5.92 Å². The zero-order valence-electron chi connectivity index (χ0n) is 8.80. The van der Waals surface area contributed by atoms with Gasteiger partial charge in [-0.05, 0) is 6.92 Å². The van der Waals surface area contributed by atoms with E-state index >= 15 is 0 Å². The van der Waals surface area contributed by atoms with E-state index in [0.717, 1.165) is 0 Å². The molecule has 14 heavy (non-hydrogen) atoms. The topological polar surface area (TPSA) is 84.9 Å². The summed E-state index contributed by atoms with van der Waals surface area (Å²) in [5.74, 6) is -0.228. The highest BCUT2D eigenvalue weighted by atomic mass is 16.7. The molecule has 5 nitrogen and oxygen atoms in total. The molecule has 0 aliphatic carbocycles. The number of aliphatic hydroxyl groups is 2. The van der Waals surface area contributed by atoms with Gasteiger partial charge in [0.05, 0.1) is 24.4 Å². The van der Waals surface area contributed by atoms with Gasteiger partial charge in [0.2, 0.25) is 0 Å². The maximum atomic E-state index is 9.82. The van der Waals surface area contributed by atoms with Crippen LogP contribution in [0.4, 0.5) is 0 Å². The summed E-state index contributed by atoms with van der Waals surface area (Å²) in [6.45, 7) is 3.36. The zero-order chi connectivity index (χ0) is 10.9. The highest BCUT2D eigenvalue weighted by Crippen LogP contribution is 2.33. The monoisotopic (exact) mass is 205 g/mol. The van der Waals surface area contributed by atoms with Crippen molar-refractivity contribution in [3.8, 4) is 0 Å². The quantitative estimate of drug-likeness (QED) is 0.542. The summed E-state index contributed by atoms with van der Waals surface area (Å²) in [5, 5.41) is 19.0. The molecule has 1 fully saturated rings. The fraction of sp³-hybridized carbons (Fsp3) is 1.00. The molecular weight excluding hydrogens is 186 g/mol. The standard InChI is InChI=1S/C9H19NO4/c1-5-7(12)6(10)8(13-3)14-9(5,2)4-11/h5-8,11-12H,4,10H2,1-3H3/t5-,6?,7-,8+,9?/m0/s1. The van der Waals surface area contributed by atoms with Crippen LogP contribution in [0.2, 0.25) is 0 Å². The van der Waals surface area contributed by atoms with Gasteiger partial charge in [-0.1, -0.05) is 6.92 Å². The maximum Gasteiger partial charge on any atom is 0.175 e. The maximum absolute atomic E-state index is 9.82. The molecule has 4 N–H and O–H groups in total. The molecule has 1 rings (SSSR count). The lowest BCUT2D eigenvalue weighted by atomic mass is 9.81. The van der Waals surface area contributed by atoms with Crippen molar-refractivity contribution in [2.24, 2.45) is 11.7 Å². The molecule has 5 atom stereocenters. The van der Waals surface area contributed by atoms with Crippen LogP contribution < -0.4 is 5.73 Å². The molecule has 0 radical (unpaired) electrons. The lowest BCUT2D eigenvalue weighted by Gasteiger charge is -2.47. The summed E-state index contributed by atoms with van der Waals surface area (Å²) < 4.78 is 10.5. The number of methoxy groups -OCH3 is 1. The van der Waals surface area contributed by atoms with Gasteiger partial charge < -0.3 is 25.4 Å². The molecule has 0 aromatic heterocycles. The highest BCUT2D eigenvalue weighted by molar-refractivity contribution is 4.96. The van der Waals surface area contributed by atoms with E-state index in [9.17, 15) is 10.2 Å². The lowest BCUT2D eigenvalue weighted by Crippen LogP contribution is -2.63. The van der Waals surface area contributed by atoms with Crippen molar-refractivity contribution in [3.63, 3.8) is 0 Å². The van der Waals surface area contributed by atoms with Crippen LogP contribution in [0.15, 0.2) is 0 Å². The Morgan fingerprint density at radius 2 is 2.14 bits per heavy atom. The van der Waals surface area contributed by atoms with Crippen LogP contribution in [0.3, 0.4) is 0 Å². The zero-order valence-corrected chi connectivity index (χ0v) is 8.80.